The van der Waals surface area contributed by atoms with E-state index in [1.165, 1.54) is 25.6 Å². The zero-order valence-electron chi connectivity index (χ0n) is 18.6. The van der Waals surface area contributed by atoms with Crippen LogP contribution in [0.5, 0.6) is 0 Å². The van der Waals surface area contributed by atoms with Crippen molar-refractivity contribution < 1.29 is 26.8 Å². The first kappa shape index (κ1) is 24.5. The fourth-order valence-corrected chi connectivity index (χ4v) is 6.54. The summed E-state index contributed by atoms with van der Waals surface area (Å²) in [4.78, 5) is 27.5. The highest BCUT2D eigenvalue weighted by atomic mass is 32.2. The van der Waals surface area contributed by atoms with Gasteiger partial charge in [-0.15, -0.1) is 0 Å². The van der Waals surface area contributed by atoms with E-state index in [1.807, 2.05) is 6.07 Å². The number of halogens is 2. The maximum atomic E-state index is 13.9. The third kappa shape index (κ3) is 4.78. The highest BCUT2D eigenvalue weighted by molar-refractivity contribution is 7.86. The molecule has 1 aromatic carbocycles. The van der Waals surface area contributed by atoms with Crippen LogP contribution in [-0.2, 0) is 26.3 Å². The van der Waals surface area contributed by atoms with Crippen molar-refractivity contribution in [1.29, 1.82) is 5.26 Å². The van der Waals surface area contributed by atoms with E-state index in [2.05, 4.69) is 5.32 Å². The Kier molecular flexibility index (Phi) is 7.16. The molecule has 34 heavy (non-hydrogen) atoms. The monoisotopic (exact) mass is 495 g/mol. The van der Waals surface area contributed by atoms with E-state index < -0.39 is 39.7 Å². The fraction of sp³-hybridized carbons (Fsp3) is 0.591. The molecule has 0 unspecified atom stereocenters. The SMILES string of the molecule is N#CC1CN(S(=O)(=O)N2CCC[C@H](C(=O)N3CCC[C@@H]3C(=O)NCc3cccc(F)c3F)C2)C1. The lowest BCUT2D eigenvalue weighted by Crippen LogP contribution is -2.57. The molecule has 0 aliphatic carbocycles. The van der Waals surface area contributed by atoms with Crippen LogP contribution in [0.3, 0.4) is 0 Å². The maximum absolute atomic E-state index is 13.9. The molecule has 2 atom stereocenters. The van der Waals surface area contributed by atoms with Gasteiger partial charge in [-0.25, -0.2) is 8.78 Å². The van der Waals surface area contributed by atoms with Crippen molar-refractivity contribution in [3.63, 3.8) is 0 Å². The number of amides is 2. The van der Waals surface area contributed by atoms with Gasteiger partial charge in [0.15, 0.2) is 11.6 Å². The molecule has 1 aromatic rings. The normalized spacial score (nSPS) is 24.4. The molecule has 3 aliphatic heterocycles. The Labute approximate surface area is 197 Å². The molecule has 0 aromatic heterocycles. The van der Waals surface area contributed by atoms with E-state index in [0.717, 1.165) is 6.07 Å². The van der Waals surface area contributed by atoms with Crippen molar-refractivity contribution in [1.82, 2.24) is 18.8 Å². The number of rotatable bonds is 6. The first-order valence-electron chi connectivity index (χ1n) is 11.4. The van der Waals surface area contributed by atoms with Gasteiger partial charge in [-0.1, -0.05) is 12.1 Å². The first-order valence-corrected chi connectivity index (χ1v) is 12.8. The zero-order chi connectivity index (χ0) is 24.5. The zero-order valence-corrected chi connectivity index (χ0v) is 19.4. The molecular formula is C22H27F2N5O4S. The Bertz CT molecular complexity index is 1100. The number of nitrogens with one attached hydrogen (secondary N) is 1. The Morgan fingerprint density at radius 2 is 1.82 bits per heavy atom. The van der Waals surface area contributed by atoms with Gasteiger partial charge in [-0.05, 0) is 31.7 Å². The van der Waals surface area contributed by atoms with Gasteiger partial charge in [0.1, 0.15) is 6.04 Å². The lowest BCUT2D eigenvalue weighted by molar-refractivity contribution is -0.142. The molecule has 4 rings (SSSR count). The minimum Gasteiger partial charge on any atom is -0.350 e. The van der Waals surface area contributed by atoms with Crippen molar-refractivity contribution >= 4 is 22.0 Å². The lowest BCUT2D eigenvalue weighted by atomic mass is 9.97. The van der Waals surface area contributed by atoms with E-state index in [1.54, 1.807) is 0 Å². The molecule has 9 nitrogen and oxygen atoms in total. The highest BCUT2D eigenvalue weighted by Gasteiger charge is 2.44. The molecule has 3 aliphatic rings. The number of benzene rings is 1. The number of carbonyl (C=O) groups excluding carboxylic acids is 2. The van der Waals surface area contributed by atoms with Crippen LogP contribution in [0.25, 0.3) is 0 Å². The number of carbonyl (C=O) groups is 2. The molecule has 0 bridgehead atoms. The summed E-state index contributed by atoms with van der Waals surface area (Å²) in [5.41, 5.74) is 0.0157. The van der Waals surface area contributed by atoms with Gasteiger partial charge in [-0.3, -0.25) is 9.59 Å². The third-order valence-electron chi connectivity index (χ3n) is 6.74. The van der Waals surface area contributed by atoms with Crippen LogP contribution in [-0.4, -0.2) is 72.5 Å². The number of piperidine rings is 1. The molecule has 1 N–H and O–H groups in total. The first-order chi connectivity index (χ1) is 16.2. The van der Waals surface area contributed by atoms with Crippen LogP contribution in [0.4, 0.5) is 8.78 Å². The fourth-order valence-electron chi connectivity index (χ4n) is 4.75. The predicted octanol–water partition coefficient (Wildman–Crippen LogP) is 0.984. The summed E-state index contributed by atoms with van der Waals surface area (Å²) < 4.78 is 55.5. The molecule has 0 spiro atoms. The van der Waals surface area contributed by atoms with Crippen LogP contribution in [0, 0.1) is 34.8 Å². The maximum Gasteiger partial charge on any atom is 0.282 e. The molecule has 3 fully saturated rings. The quantitative estimate of drug-likeness (QED) is 0.632. The summed E-state index contributed by atoms with van der Waals surface area (Å²) >= 11 is 0. The number of likely N-dealkylation sites (tertiary alicyclic amines) is 1. The van der Waals surface area contributed by atoms with Gasteiger partial charge >= 0.3 is 0 Å². The van der Waals surface area contributed by atoms with Crippen LogP contribution in [0.2, 0.25) is 0 Å². The number of hydrogen-bond acceptors (Lipinski definition) is 5. The second kappa shape index (κ2) is 9.93. The number of nitrogens with zero attached hydrogens (tertiary/aromatic N) is 4. The van der Waals surface area contributed by atoms with E-state index in [4.69, 9.17) is 5.26 Å². The van der Waals surface area contributed by atoms with Gasteiger partial charge in [0.2, 0.25) is 11.8 Å². The average Bonchev–Trinajstić information content (AvgIpc) is 3.28. The molecule has 12 heteroatoms. The van der Waals surface area contributed by atoms with Crippen molar-refractivity contribution in [2.45, 2.75) is 38.3 Å². The molecule has 184 valence electrons. The van der Waals surface area contributed by atoms with Crippen LogP contribution in [0.15, 0.2) is 18.2 Å². The van der Waals surface area contributed by atoms with Crippen molar-refractivity contribution in [3.8, 4) is 6.07 Å². The Hall–Kier alpha value is -2.62. The molecular weight excluding hydrogens is 468 g/mol. The topological polar surface area (TPSA) is 114 Å². The van der Waals surface area contributed by atoms with Crippen LogP contribution >= 0.6 is 0 Å². The summed E-state index contributed by atoms with van der Waals surface area (Å²) in [5, 5.41) is 11.5. The largest absolute Gasteiger partial charge is 0.350 e. The second-order valence-electron chi connectivity index (χ2n) is 8.97. The predicted molar refractivity (Wildman–Crippen MR) is 117 cm³/mol. The van der Waals surface area contributed by atoms with Gasteiger partial charge < -0.3 is 10.2 Å². The van der Waals surface area contributed by atoms with E-state index in [9.17, 15) is 26.8 Å². The molecule has 3 saturated heterocycles. The van der Waals surface area contributed by atoms with Gasteiger partial charge in [0.25, 0.3) is 10.2 Å². The third-order valence-corrected chi connectivity index (χ3v) is 8.67. The van der Waals surface area contributed by atoms with Crippen molar-refractivity contribution in [3.05, 3.63) is 35.4 Å². The Morgan fingerprint density at radius 1 is 1.09 bits per heavy atom. The van der Waals surface area contributed by atoms with Crippen molar-refractivity contribution in [2.75, 3.05) is 32.7 Å². The second-order valence-corrected chi connectivity index (χ2v) is 10.9. The van der Waals surface area contributed by atoms with Gasteiger partial charge in [0.05, 0.1) is 17.9 Å². The minimum atomic E-state index is -3.74. The lowest BCUT2D eigenvalue weighted by Gasteiger charge is -2.41. The van der Waals surface area contributed by atoms with Crippen molar-refractivity contribution in [2.24, 2.45) is 11.8 Å². The minimum absolute atomic E-state index is 0.0157. The smallest absolute Gasteiger partial charge is 0.282 e. The van der Waals surface area contributed by atoms with Gasteiger partial charge in [-0.2, -0.15) is 22.3 Å². The number of hydrogen-bond donors (Lipinski definition) is 1. The van der Waals surface area contributed by atoms with E-state index in [-0.39, 0.29) is 43.6 Å². The molecule has 0 saturated carbocycles. The Morgan fingerprint density at radius 3 is 2.56 bits per heavy atom. The summed E-state index contributed by atoms with van der Waals surface area (Å²) in [6.45, 7) is 0.847. The van der Waals surface area contributed by atoms with Gasteiger partial charge in [0, 0.05) is 44.8 Å². The van der Waals surface area contributed by atoms with Crippen LogP contribution in [0.1, 0.15) is 31.2 Å². The van der Waals surface area contributed by atoms with E-state index in [0.29, 0.717) is 38.8 Å². The summed E-state index contributed by atoms with van der Waals surface area (Å²) in [6.07, 6.45) is 2.11. The molecule has 0 radical (unpaired) electrons. The summed E-state index contributed by atoms with van der Waals surface area (Å²) in [5.74, 6) is -3.60. The Balaban J connectivity index is 1.37. The summed E-state index contributed by atoms with van der Waals surface area (Å²) in [6, 6.07) is 5.05. The molecule has 2 amide bonds. The highest BCUT2D eigenvalue weighted by Crippen LogP contribution is 2.29. The van der Waals surface area contributed by atoms with E-state index >= 15 is 0 Å². The average molecular weight is 496 g/mol. The summed E-state index contributed by atoms with van der Waals surface area (Å²) in [7, 11) is -3.74. The molecule has 3 heterocycles. The number of nitriles is 1. The standard InChI is InChI=1S/C22H27F2N5O4S/c23-18-6-1-4-16(20(18)24)11-26-21(30)19-7-3-9-29(19)22(31)17-5-2-8-27(14-17)34(32,33)28-12-15(10-25)13-28/h1,4,6,15,17,19H,2-3,5,7-9,11-14H2,(H,26,30)/t17-,19+/m0/s1. The van der Waals surface area contributed by atoms with Crippen LogP contribution < -0.4 is 5.32 Å².